The highest BCUT2D eigenvalue weighted by molar-refractivity contribution is 5.75. The number of ether oxygens (including phenoxy) is 1. The summed E-state index contributed by atoms with van der Waals surface area (Å²) in [5, 5.41) is 1.46. The minimum Gasteiger partial charge on any atom is -0.494 e. The number of amides is 1. The number of hydrogen-bond donors (Lipinski definition) is 0. The highest BCUT2D eigenvalue weighted by Crippen LogP contribution is 2.13. The normalized spacial score (nSPS) is 14.8. The fraction of sp³-hybridized carbons (Fsp3) is 0.500. The molecule has 4 heteroatoms. The zero-order chi connectivity index (χ0) is 12.8. The Morgan fingerprint density at radius 3 is 3.11 bits per heavy atom. The molecule has 98 valence electrons. The maximum atomic E-state index is 11.7. The Bertz CT molecular complexity index is 400. The number of aryl methyl sites for hydroxylation is 1. The van der Waals surface area contributed by atoms with Gasteiger partial charge in [0.15, 0.2) is 0 Å². The van der Waals surface area contributed by atoms with Crippen LogP contribution >= 0.6 is 0 Å². The first kappa shape index (κ1) is 12.9. The monoisotopic (exact) mass is 249 g/mol. The summed E-state index contributed by atoms with van der Waals surface area (Å²) < 4.78 is 5.59. The molecule has 1 saturated heterocycles. The summed E-state index contributed by atoms with van der Waals surface area (Å²) in [7, 11) is 0. The van der Waals surface area contributed by atoms with Gasteiger partial charge in [-0.25, -0.2) is 5.06 Å². The van der Waals surface area contributed by atoms with Gasteiger partial charge in [-0.2, -0.15) is 0 Å². The molecule has 0 aliphatic carbocycles. The molecule has 0 unspecified atom stereocenters. The van der Waals surface area contributed by atoms with Gasteiger partial charge in [0.25, 0.3) is 0 Å². The number of nitrogens with zero attached hydrogens (tertiary/aromatic N) is 1. The van der Waals surface area contributed by atoms with Crippen molar-refractivity contribution >= 4 is 5.91 Å². The van der Waals surface area contributed by atoms with E-state index in [1.807, 2.05) is 31.2 Å². The molecular weight excluding hydrogens is 230 g/mol. The van der Waals surface area contributed by atoms with Crippen LogP contribution in [0.4, 0.5) is 0 Å². The Morgan fingerprint density at radius 2 is 2.39 bits per heavy atom. The van der Waals surface area contributed by atoms with Crippen molar-refractivity contribution in [2.24, 2.45) is 0 Å². The molecule has 18 heavy (non-hydrogen) atoms. The molecule has 1 heterocycles. The smallest absolute Gasteiger partial charge is 0.246 e. The molecule has 0 radical (unpaired) electrons. The molecule has 1 aromatic carbocycles. The molecule has 0 atom stereocenters. The van der Waals surface area contributed by atoms with Crippen molar-refractivity contribution in [1.29, 1.82) is 0 Å². The Balaban J connectivity index is 1.65. The minimum absolute atomic E-state index is 0.0559. The number of carbonyl (C=O) groups excluding carboxylic acids is 1. The van der Waals surface area contributed by atoms with E-state index in [4.69, 9.17) is 9.57 Å². The first-order valence-electron chi connectivity index (χ1n) is 6.38. The summed E-state index contributed by atoms with van der Waals surface area (Å²) in [6.45, 7) is 3.97. The van der Waals surface area contributed by atoms with Crippen LogP contribution in [0.5, 0.6) is 5.75 Å². The Labute approximate surface area is 107 Å². The van der Waals surface area contributed by atoms with Crippen LogP contribution in [0.3, 0.4) is 0 Å². The van der Waals surface area contributed by atoms with E-state index in [-0.39, 0.29) is 5.91 Å². The van der Waals surface area contributed by atoms with Gasteiger partial charge >= 0.3 is 0 Å². The number of rotatable bonds is 5. The maximum absolute atomic E-state index is 11.7. The molecule has 0 N–H and O–H groups in total. The van der Waals surface area contributed by atoms with Gasteiger partial charge in [0.2, 0.25) is 5.91 Å². The number of benzene rings is 1. The largest absolute Gasteiger partial charge is 0.494 e. The third-order valence-corrected chi connectivity index (χ3v) is 2.82. The van der Waals surface area contributed by atoms with Crippen molar-refractivity contribution < 1.29 is 14.4 Å². The summed E-state index contributed by atoms with van der Waals surface area (Å²) in [4.78, 5) is 16.8. The van der Waals surface area contributed by atoms with Crippen molar-refractivity contribution in [3.8, 4) is 5.75 Å². The summed E-state index contributed by atoms with van der Waals surface area (Å²) in [6, 6.07) is 7.92. The first-order chi connectivity index (χ1) is 8.75. The second kappa shape index (κ2) is 6.40. The van der Waals surface area contributed by atoms with Crippen LogP contribution in [-0.4, -0.2) is 30.7 Å². The average Bonchev–Trinajstić information content (AvgIpc) is 2.88. The van der Waals surface area contributed by atoms with Gasteiger partial charge in [0.05, 0.1) is 19.8 Å². The zero-order valence-corrected chi connectivity index (χ0v) is 10.7. The molecule has 0 spiro atoms. The number of carbonyl (C=O) groups is 1. The molecule has 1 aliphatic rings. The van der Waals surface area contributed by atoms with Crippen LogP contribution in [-0.2, 0) is 9.63 Å². The standard InChI is InChI=1S/C14H19NO3/c1-12-5-2-6-13(11-12)17-9-3-7-14(16)15-8-4-10-18-15/h2,5-6,11H,3-4,7-10H2,1H3. The first-order valence-corrected chi connectivity index (χ1v) is 6.38. The van der Waals surface area contributed by atoms with Crippen LogP contribution in [0, 0.1) is 6.92 Å². The lowest BCUT2D eigenvalue weighted by molar-refractivity contribution is -0.168. The lowest BCUT2D eigenvalue weighted by Crippen LogP contribution is -2.26. The fourth-order valence-corrected chi connectivity index (χ4v) is 1.89. The van der Waals surface area contributed by atoms with E-state index in [1.165, 1.54) is 10.6 Å². The van der Waals surface area contributed by atoms with Crippen molar-refractivity contribution in [2.45, 2.75) is 26.2 Å². The van der Waals surface area contributed by atoms with Crippen LogP contribution in [0.15, 0.2) is 24.3 Å². The van der Waals surface area contributed by atoms with Crippen LogP contribution in [0.1, 0.15) is 24.8 Å². The highest BCUT2D eigenvalue weighted by atomic mass is 16.7. The summed E-state index contributed by atoms with van der Waals surface area (Å²) >= 11 is 0. The van der Waals surface area contributed by atoms with Crippen LogP contribution in [0.2, 0.25) is 0 Å². The predicted molar refractivity (Wildman–Crippen MR) is 68.2 cm³/mol. The minimum atomic E-state index is 0.0559. The lowest BCUT2D eigenvalue weighted by atomic mass is 10.2. The number of hydroxylamine groups is 2. The third kappa shape index (κ3) is 3.74. The molecule has 0 bridgehead atoms. The SMILES string of the molecule is Cc1cccc(OCCCC(=O)N2CCCO2)c1. The summed E-state index contributed by atoms with van der Waals surface area (Å²) in [5.41, 5.74) is 1.18. The second-order valence-electron chi connectivity index (χ2n) is 4.45. The van der Waals surface area contributed by atoms with E-state index in [9.17, 15) is 4.79 Å². The van der Waals surface area contributed by atoms with Crippen LogP contribution in [0.25, 0.3) is 0 Å². The van der Waals surface area contributed by atoms with Crippen molar-refractivity contribution in [1.82, 2.24) is 5.06 Å². The molecule has 0 saturated carbocycles. The van der Waals surface area contributed by atoms with Crippen LogP contribution < -0.4 is 4.74 Å². The van der Waals surface area contributed by atoms with Crippen molar-refractivity contribution in [3.05, 3.63) is 29.8 Å². The molecule has 0 aromatic heterocycles. The molecule has 4 nitrogen and oxygen atoms in total. The Kier molecular flexibility index (Phi) is 4.59. The van der Waals surface area contributed by atoms with Crippen molar-refractivity contribution in [3.63, 3.8) is 0 Å². The topological polar surface area (TPSA) is 38.8 Å². The van der Waals surface area contributed by atoms with Gasteiger partial charge in [0.1, 0.15) is 5.75 Å². The molecule has 1 amide bonds. The molecule has 1 aromatic rings. The fourth-order valence-electron chi connectivity index (χ4n) is 1.89. The van der Waals surface area contributed by atoms with E-state index < -0.39 is 0 Å². The summed E-state index contributed by atoms with van der Waals surface area (Å²) in [5.74, 6) is 0.917. The van der Waals surface area contributed by atoms with Gasteiger partial charge in [-0.15, -0.1) is 0 Å². The molecule has 1 fully saturated rings. The van der Waals surface area contributed by atoms with E-state index in [1.54, 1.807) is 0 Å². The average molecular weight is 249 g/mol. The Morgan fingerprint density at radius 1 is 1.50 bits per heavy atom. The molecule has 2 rings (SSSR count). The maximum Gasteiger partial charge on any atom is 0.246 e. The molecular formula is C14H19NO3. The number of hydrogen-bond acceptors (Lipinski definition) is 3. The van der Waals surface area contributed by atoms with Crippen molar-refractivity contribution in [2.75, 3.05) is 19.8 Å². The van der Waals surface area contributed by atoms with E-state index in [2.05, 4.69) is 0 Å². The lowest BCUT2D eigenvalue weighted by Gasteiger charge is -2.13. The van der Waals surface area contributed by atoms with E-state index in [0.29, 0.717) is 26.1 Å². The van der Waals surface area contributed by atoms with Gasteiger partial charge in [-0.3, -0.25) is 9.63 Å². The quantitative estimate of drug-likeness (QED) is 0.752. The van der Waals surface area contributed by atoms with E-state index in [0.717, 1.165) is 18.7 Å². The summed E-state index contributed by atoms with van der Waals surface area (Å²) in [6.07, 6.45) is 2.13. The second-order valence-corrected chi connectivity index (χ2v) is 4.45. The Hall–Kier alpha value is -1.55. The third-order valence-electron chi connectivity index (χ3n) is 2.82. The predicted octanol–water partition coefficient (Wildman–Crippen LogP) is 2.32. The van der Waals surface area contributed by atoms with Gasteiger partial charge in [-0.05, 0) is 37.5 Å². The highest BCUT2D eigenvalue weighted by Gasteiger charge is 2.18. The zero-order valence-electron chi connectivity index (χ0n) is 10.7. The van der Waals surface area contributed by atoms with Gasteiger partial charge < -0.3 is 4.74 Å². The van der Waals surface area contributed by atoms with Gasteiger partial charge in [0, 0.05) is 6.42 Å². The van der Waals surface area contributed by atoms with Gasteiger partial charge in [-0.1, -0.05) is 12.1 Å². The molecule has 1 aliphatic heterocycles. The van der Waals surface area contributed by atoms with E-state index >= 15 is 0 Å².